The summed E-state index contributed by atoms with van der Waals surface area (Å²) >= 11 is 0. The van der Waals surface area contributed by atoms with E-state index in [1.165, 1.54) is 5.01 Å². The average Bonchev–Trinajstić information content (AvgIpc) is 2.88. The van der Waals surface area contributed by atoms with Crippen LogP contribution >= 0.6 is 0 Å². The van der Waals surface area contributed by atoms with E-state index in [9.17, 15) is 14.4 Å². The molecular weight excluding hydrogens is 452 g/mol. The first-order chi connectivity index (χ1) is 17.0. The first kappa shape index (κ1) is 24.3. The minimum Gasteiger partial charge on any atom is -0.492 e. The number of anilines is 3. The van der Waals surface area contributed by atoms with E-state index < -0.39 is 0 Å². The quantitative estimate of drug-likeness (QED) is 0.595. The number of ether oxygens (including phenoxy) is 3. The third kappa shape index (κ3) is 5.65. The predicted molar refractivity (Wildman–Crippen MR) is 131 cm³/mol. The van der Waals surface area contributed by atoms with Gasteiger partial charge in [0, 0.05) is 43.6 Å². The highest BCUT2D eigenvalue weighted by Gasteiger charge is 2.25. The molecule has 10 heteroatoms. The molecule has 0 bridgehead atoms. The molecule has 2 aromatic carbocycles. The standard InChI is InChI=1S/C25H30N4O6/c1-3-34-21-16-20(28-11-13-33-14-12-28)22(35-4-2)15-19(21)26-25(32)17-5-7-18(8-6-17)29-24(31)10-9-23(30)27-29/h5-8,15-16H,3-4,9-14H2,1-2H3,(H,26,32)(H,27,30). The first-order valence-corrected chi connectivity index (χ1v) is 11.8. The minimum absolute atomic E-state index is 0.150. The summed E-state index contributed by atoms with van der Waals surface area (Å²) in [5, 5.41) is 4.13. The normalized spacial score (nSPS) is 16.1. The molecule has 4 rings (SSSR count). The van der Waals surface area contributed by atoms with E-state index in [-0.39, 0.29) is 30.6 Å². The number of carbonyl (C=O) groups excluding carboxylic acids is 3. The van der Waals surface area contributed by atoms with Crippen LogP contribution in [-0.2, 0) is 14.3 Å². The van der Waals surface area contributed by atoms with Gasteiger partial charge in [0.15, 0.2) is 0 Å². The van der Waals surface area contributed by atoms with Crippen LogP contribution in [0.25, 0.3) is 0 Å². The number of nitrogens with one attached hydrogen (secondary N) is 2. The van der Waals surface area contributed by atoms with Gasteiger partial charge in [-0.05, 0) is 38.1 Å². The van der Waals surface area contributed by atoms with Gasteiger partial charge in [0.2, 0.25) is 11.8 Å². The van der Waals surface area contributed by atoms with Gasteiger partial charge in [-0.15, -0.1) is 0 Å². The van der Waals surface area contributed by atoms with Crippen LogP contribution in [0.15, 0.2) is 36.4 Å². The van der Waals surface area contributed by atoms with Crippen molar-refractivity contribution in [3.8, 4) is 11.5 Å². The van der Waals surface area contributed by atoms with Crippen LogP contribution in [0.5, 0.6) is 11.5 Å². The average molecular weight is 483 g/mol. The first-order valence-electron chi connectivity index (χ1n) is 11.8. The Morgan fingerprint density at radius 1 is 1.00 bits per heavy atom. The highest BCUT2D eigenvalue weighted by Crippen LogP contribution is 2.39. The second-order valence-corrected chi connectivity index (χ2v) is 8.05. The van der Waals surface area contributed by atoms with E-state index in [4.69, 9.17) is 14.2 Å². The van der Waals surface area contributed by atoms with E-state index >= 15 is 0 Å². The Morgan fingerprint density at radius 3 is 2.37 bits per heavy atom. The molecule has 10 nitrogen and oxygen atoms in total. The lowest BCUT2D eigenvalue weighted by Gasteiger charge is -2.31. The van der Waals surface area contributed by atoms with Crippen LogP contribution in [0.2, 0.25) is 0 Å². The van der Waals surface area contributed by atoms with E-state index in [0.717, 1.165) is 18.8 Å². The maximum atomic E-state index is 13.0. The molecular formula is C25H30N4O6. The monoisotopic (exact) mass is 482 g/mol. The van der Waals surface area contributed by atoms with Crippen LogP contribution in [0.3, 0.4) is 0 Å². The second-order valence-electron chi connectivity index (χ2n) is 8.05. The number of hydrazine groups is 1. The predicted octanol–water partition coefficient (Wildman–Crippen LogP) is 2.73. The lowest BCUT2D eigenvalue weighted by atomic mass is 10.1. The van der Waals surface area contributed by atoms with Crippen LogP contribution in [0.4, 0.5) is 17.1 Å². The number of nitrogens with zero attached hydrogens (tertiary/aromatic N) is 2. The van der Waals surface area contributed by atoms with Crippen molar-refractivity contribution in [2.45, 2.75) is 26.7 Å². The van der Waals surface area contributed by atoms with Crippen molar-refractivity contribution in [2.75, 3.05) is 54.7 Å². The number of hydrogen-bond acceptors (Lipinski definition) is 7. The molecule has 186 valence electrons. The van der Waals surface area contributed by atoms with E-state index in [0.29, 0.717) is 54.9 Å². The molecule has 2 aliphatic rings. The van der Waals surface area contributed by atoms with Gasteiger partial charge in [0.1, 0.15) is 11.5 Å². The van der Waals surface area contributed by atoms with Crippen molar-refractivity contribution >= 4 is 34.8 Å². The second kappa shape index (κ2) is 11.1. The Labute approximate surface area is 204 Å². The van der Waals surface area contributed by atoms with Gasteiger partial charge in [0.05, 0.1) is 43.5 Å². The summed E-state index contributed by atoms with van der Waals surface area (Å²) in [6, 6.07) is 10.1. The molecule has 0 unspecified atom stereocenters. The fourth-order valence-corrected chi connectivity index (χ4v) is 3.98. The van der Waals surface area contributed by atoms with Gasteiger partial charge in [-0.3, -0.25) is 19.8 Å². The molecule has 0 radical (unpaired) electrons. The van der Waals surface area contributed by atoms with Crippen molar-refractivity contribution in [1.82, 2.24) is 5.43 Å². The summed E-state index contributed by atoms with van der Waals surface area (Å²) in [5.74, 6) is 0.437. The Bertz CT molecular complexity index is 1080. The van der Waals surface area contributed by atoms with Gasteiger partial charge in [-0.2, -0.15) is 0 Å². The Hall–Kier alpha value is -3.79. The maximum Gasteiger partial charge on any atom is 0.255 e. The number of hydrogen-bond donors (Lipinski definition) is 2. The zero-order valence-corrected chi connectivity index (χ0v) is 20.0. The maximum absolute atomic E-state index is 13.0. The molecule has 2 aliphatic heterocycles. The molecule has 2 fully saturated rings. The van der Waals surface area contributed by atoms with Gasteiger partial charge in [0.25, 0.3) is 5.91 Å². The summed E-state index contributed by atoms with van der Waals surface area (Å²) in [7, 11) is 0. The van der Waals surface area contributed by atoms with Crippen molar-refractivity contribution in [3.63, 3.8) is 0 Å². The number of rotatable bonds is 8. The van der Waals surface area contributed by atoms with Crippen LogP contribution < -0.4 is 30.1 Å². The fourth-order valence-electron chi connectivity index (χ4n) is 3.98. The largest absolute Gasteiger partial charge is 0.492 e. The zero-order valence-electron chi connectivity index (χ0n) is 20.0. The van der Waals surface area contributed by atoms with Gasteiger partial charge in [-0.25, -0.2) is 5.01 Å². The molecule has 0 aliphatic carbocycles. The molecule has 2 aromatic rings. The molecule has 0 atom stereocenters. The van der Waals surface area contributed by atoms with E-state index in [2.05, 4.69) is 15.6 Å². The summed E-state index contributed by atoms with van der Waals surface area (Å²) in [5.41, 5.74) is 4.82. The summed E-state index contributed by atoms with van der Waals surface area (Å²) in [4.78, 5) is 39.0. The summed E-state index contributed by atoms with van der Waals surface area (Å²) < 4.78 is 17.2. The van der Waals surface area contributed by atoms with Crippen LogP contribution in [0.1, 0.15) is 37.0 Å². The zero-order chi connectivity index (χ0) is 24.8. The van der Waals surface area contributed by atoms with Crippen molar-refractivity contribution in [1.29, 1.82) is 0 Å². The third-order valence-electron chi connectivity index (χ3n) is 5.70. The summed E-state index contributed by atoms with van der Waals surface area (Å²) in [6.45, 7) is 7.46. The molecule has 2 heterocycles. The molecule has 0 aromatic heterocycles. The highest BCUT2D eigenvalue weighted by molar-refractivity contribution is 6.06. The Kier molecular flexibility index (Phi) is 7.71. The Morgan fingerprint density at radius 2 is 1.69 bits per heavy atom. The summed E-state index contributed by atoms with van der Waals surface area (Å²) in [6.07, 6.45) is 0.322. The lowest BCUT2D eigenvalue weighted by Crippen LogP contribution is -2.50. The fraction of sp³-hybridized carbons (Fsp3) is 0.400. The molecule has 0 saturated carbocycles. The SMILES string of the molecule is CCOc1cc(N2CCOCC2)c(OCC)cc1NC(=O)c1ccc(N2NC(=O)CCC2=O)cc1. The number of benzene rings is 2. The molecule has 0 spiro atoms. The molecule has 2 N–H and O–H groups in total. The molecule has 35 heavy (non-hydrogen) atoms. The van der Waals surface area contributed by atoms with Gasteiger partial charge >= 0.3 is 0 Å². The van der Waals surface area contributed by atoms with Gasteiger partial charge in [-0.1, -0.05) is 0 Å². The minimum atomic E-state index is -0.340. The number of amides is 3. The third-order valence-corrected chi connectivity index (χ3v) is 5.70. The van der Waals surface area contributed by atoms with Crippen LogP contribution in [0, 0.1) is 0 Å². The smallest absolute Gasteiger partial charge is 0.255 e. The van der Waals surface area contributed by atoms with Crippen LogP contribution in [-0.4, -0.2) is 57.2 Å². The van der Waals surface area contributed by atoms with Crippen molar-refractivity contribution in [2.24, 2.45) is 0 Å². The lowest BCUT2D eigenvalue weighted by molar-refractivity contribution is -0.130. The molecule has 2 saturated heterocycles. The number of carbonyl (C=O) groups is 3. The highest BCUT2D eigenvalue weighted by atomic mass is 16.5. The topological polar surface area (TPSA) is 109 Å². The van der Waals surface area contributed by atoms with E-state index in [1.54, 1.807) is 30.3 Å². The van der Waals surface area contributed by atoms with Gasteiger partial charge < -0.3 is 24.4 Å². The van der Waals surface area contributed by atoms with Crippen molar-refractivity contribution < 1.29 is 28.6 Å². The Balaban J connectivity index is 1.56. The number of morpholine rings is 1. The van der Waals surface area contributed by atoms with Crippen molar-refractivity contribution in [3.05, 3.63) is 42.0 Å². The van der Waals surface area contributed by atoms with E-state index in [1.807, 2.05) is 19.9 Å². The molecule has 3 amide bonds.